The lowest BCUT2D eigenvalue weighted by Gasteiger charge is -2.23. The number of nitrogens with zero attached hydrogens (tertiary/aromatic N) is 2. The van der Waals surface area contributed by atoms with Crippen LogP contribution in [0.2, 0.25) is 0 Å². The van der Waals surface area contributed by atoms with Crippen LogP contribution >= 0.6 is 0 Å². The molecule has 126 valence electrons. The molecule has 23 heavy (non-hydrogen) atoms. The summed E-state index contributed by atoms with van der Waals surface area (Å²) in [4.78, 5) is 11.1. The van der Waals surface area contributed by atoms with Gasteiger partial charge in [-0.15, -0.1) is 0 Å². The minimum Gasteiger partial charge on any atom is -0.481 e. The van der Waals surface area contributed by atoms with Crippen molar-refractivity contribution in [3.8, 4) is 0 Å². The van der Waals surface area contributed by atoms with E-state index in [1.807, 2.05) is 6.08 Å². The monoisotopic (exact) mass is 317 g/mol. The van der Waals surface area contributed by atoms with E-state index in [0.29, 0.717) is 18.9 Å². The lowest BCUT2D eigenvalue weighted by atomic mass is 9.91. The third kappa shape index (κ3) is 4.02. The van der Waals surface area contributed by atoms with Crippen molar-refractivity contribution in [2.45, 2.75) is 70.5 Å². The maximum Gasteiger partial charge on any atom is 0.306 e. The van der Waals surface area contributed by atoms with E-state index in [0.717, 1.165) is 12.2 Å². The molecule has 1 fully saturated rings. The lowest BCUT2D eigenvalue weighted by Crippen LogP contribution is -2.33. The second kappa shape index (κ2) is 7.30. The summed E-state index contributed by atoms with van der Waals surface area (Å²) in [5, 5.41) is 17.3. The van der Waals surface area contributed by atoms with E-state index < -0.39 is 5.97 Å². The summed E-state index contributed by atoms with van der Waals surface area (Å²) in [5.41, 5.74) is 2.30. The average Bonchev–Trinajstić information content (AvgIpc) is 2.95. The molecule has 2 atom stereocenters. The second-order valence-corrected chi connectivity index (χ2v) is 6.93. The standard InChI is InChI=1S/C18H27N3O2/c1-13-15(12-21(20-13)17-8-3-2-4-9-17)11-19-16-7-5-6-14(10-16)18(22)23/h5,7,12,14,16-17,19H,2-4,6,8-11H2,1H3,(H,22,23)/t14-,16-/m0/s1. The first-order valence-corrected chi connectivity index (χ1v) is 8.81. The zero-order chi connectivity index (χ0) is 16.2. The summed E-state index contributed by atoms with van der Waals surface area (Å²) in [5.74, 6) is -0.953. The van der Waals surface area contributed by atoms with Crippen molar-refractivity contribution < 1.29 is 9.90 Å². The summed E-state index contributed by atoms with van der Waals surface area (Å²) >= 11 is 0. The van der Waals surface area contributed by atoms with Gasteiger partial charge in [-0.25, -0.2) is 0 Å². The van der Waals surface area contributed by atoms with E-state index in [1.165, 1.54) is 37.7 Å². The van der Waals surface area contributed by atoms with Gasteiger partial charge in [0.1, 0.15) is 0 Å². The maximum absolute atomic E-state index is 11.1. The van der Waals surface area contributed by atoms with Gasteiger partial charge in [0, 0.05) is 24.3 Å². The number of aryl methyl sites for hydroxylation is 1. The summed E-state index contributed by atoms with van der Waals surface area (Å²) in [7, 11) is 0. The molecule has 1 heterocycles. The van der Waals surface area contributed by atoms with Gasteiger partial charge in [0.15, 0.2) is 0 Å². The van der Waals surface area contributed by atoms with Crippen LogP contribution in [0.5, 0.6) is 0 Å². The van der Waals surface area contributed by atoms with Crippen molar-refractivity contribution in [1.29, 1.82) is 0 Å². The van der Waals surface area contributed by atoms with E-state index in [1.54, 1.807) is 0 Å². The first-order chi connectivity index (χ1) is 11.1. The molecule has 1 aromatic heterocycles. The van der Waals surface area contributed by atoms with Crippen LogP contribution in [-0.2, 0) is 11.3 Å². The molecule has 2 aliphatic carbocycles. The summed E-state index contributed by atoms with van der Waals surface area (Å²) < 4.78 is 2.16. The smallest absolute Gasteiger partial charge is 0.306 e. The molecule has 5 heteroatoms. The predicted molar refractivity (Wildman–Crippen MR) is 89.2 cm³/mol. The van der Waals surface area contributed by atoms with Crippen LogP contribution in [0.15, 0.2) is 18.3 Å². The molecule has 0 bridgehead atoms. The number of allylic oxidation sites excluding steroid dienone is 1. The average molecular weight is 317 g/mol. The zero-order valence-corrected chi connectivity index (χ0v) is 13.9. The topological polar surface area (TPSA) is 67.2 Å². The Bertz CT molecular complexity index is 573. The molecule has 0 unspecified atom stereocenters. The van der Waals surface area contributed by atoms with Gasteiger partial charge in [-0.05, 0) is 32.6 Å². The number of aliphatic carboxylic acids is 1. The molecule has 1 saturated carbocycles. The Kier molecular flexibility index (Phi) is 5.16. The highest BCUT2D eigenvalue weighted by atomic mass is 16.4. The van der Waals surface area contributed by atoms with Crippen molar-refractivity contribution in [3.05, 3.63) is 29.6 Å². The molecule has 2 N–H and O–H groups in total. The molecule has 0 aliphatic heterocycles. The number of nitrogens with one attached hydrogen (secondary N) is 1. The van der Waals surface area contributed by atoms with Gasteiger partial charge in [-0.2, -0.15) is 5.10 Å². The fourth-order valence-corrected chi connectivity index (χ4v) is 3.71. The van der Waals surface area contributed by atoms with Crippen LogP contribution in [0, 0.1) is 12.8 Å². The number of hydrogen-bond donors (Lipinski definition) is 2. The number of carboxylic acids is 1. The number of hydrogen-bond acceptors (Lipinski definition) is 3. The molecular formula is C18H27N3O2. The van der Waals surface area contributed by atoms with Crippen molar-refractivity contribution in [2.24, 2.45) is 5.92 Å². The Morgan fingerprint density at radius 2 is 2.17 bits per heavy atom. The van der Waals surface area contributed by atoms with Gasteiger partial charge in [-0.3, -0.25) is 9.48 Å². The fourth-order valence-electron chi connectivity index (χ4n) is 3.71. The predicted octanol–water partition coefficient (Wildman–Crippen LogP) is 3.21. The van der Waals surface area contributed by atoms with Crippen LogP contribution in [0.3, 0.4) is 0 Å². The van der Waals surface area contributed by atoms with Crippen LogP contribution in [0.25, 0.3) is 0 Å². The molecule has 1 aromatic rings. The molecule has 0 amide bonds. The van der Waals surface area contributed by atoms with Crippen LogP contribution in [-0.4, -0.2) is 26.9 Å². The highest BCUT2D eigenvalue weighted by Gasteiger charge is 2.23. The summed E-state index contributed by atoms with van der Waals surface area (Å²) in [6.07, 6.45) is 14.0. The normalized spacial score (nSPS) is 25.6. The highest BCUT2D eigenvalue weighted by molar-refractivity contribution is 5.70. The molecular weight excluding hydrogens is 290 g/mol. The van der Waals surface area contributed by atoms with E-state index in [-0.39, 0.29) is 12.0 Å². The van der Waals surface area contributed by atoms with E-state index >= 15 is 0 Å². The minimum absolute atomic E-state index is 0.141. The zero-order valence-electron chi connectivity index (χ0n) is 13.9. The molecule has 2 aliphatic rings. The highest BCUT2D eigenvalue weighted by Crippen LogP contribution is 2.28. The molecule has 5 nitrogen and oxygen atoms in total. The quantitative estimate of drug-likeness (QED) is 0.818. The van der Waals surface area contributed by atoms with Gasteiger partial charge in [0.2, 0.25) is 0 Å². The van der Waals surface area contributed by atoms with Crippen LogP contribution in [0.4, 0.5) is 0 Å². The SMILES string of the molecule is Cc1nn(C2CCCCC2)cc1CN[C@H]1C=CC[C@H](C(=O)O)C1. The molecule has 3 rings (SSSR count). The van der Waals surface area contributed by atoms with Crippen molar-refractivity contribution >= 4 is 5.97 Å². The molecule has 0 radical (unpaired) electrons. The third-order valence-corrected chi connectivity index (χ3v) is 5.20. The Morgan fingerprint density at radius 1 is 1.39 bits per heavy atom. The first-order valence-electron chi connectivity index (χ1n) is 8.81. The number of carboxylic acid groups (broad SMARTS) is 1. The van der Waals surface area contributed by atoms with Crippen molar-refractivity contribution in [2.75, 3.05) is 0 Å². The summed E-state index contributed by atoms with van der Waals surface area (Å²) in [6.45, 7) is 2.81. The minimum atomic E-state index is -0.692. The largest absolute Gasteiger partial charge is 0.481 e. The van der Waals surface area contributed by atoms with Crippen LogP contribution < -0.4 is 5.32 Å². The fraction of sp³-hybridized carbons (Fsp3) is 0.667. The van der Waals surface area contributed by atoms with Gasteiger partial charge in [-0.1, -0.05) is 31.4 Å². The van der Waals surface area contributed by atoms with Crippen molar-refractivity contribution in [3.63, 3.8) is 0 Å². The van der Waals surface area contributed by atoms with E-state index in [2.05, 4.69) is 29.2 Å². The van der Waals surface area contributed by atoms with E-state index in [9.17, 15) is 4.79 Å². The number of aromatic nitrogens is 2. The lowest BCUT2D eigenvalue weighted by molar-refractivity contribution is -0.142. The van der Waals surface area contributed by atoms with Gasteiger partial charge in [0.05, 0.1) is 17.7 Å². The molecule has 0 spiro atoms. The summed E-state index contributed by atoms with van der Waals surface area (Å²) in [6, 6.07) is 0.699. The number of carbonyl (C=O) groups is 1. The van der Waals surface area contributed by atoms with E-state index in [4.69, 9.17) is 10.2 Å². The Hall–Kier alpha value is -1.62. The van der Waals surface area contributed by atoms with Crippen molar-refractivity contribution in [1.82, 2.24) is 15.1 Å². The number of rotatable bonds is 5. The van der Waals surface area contributed by atoms with Gasteiger partial charge >= 0.3 is 5.97 Å². The van der Waals surface area contributed by atoms with Gasteiger partial charge in [0.25, 0.3) is 0 Å². The maximum atomic E-state index is 11.1. The Labute approximate surface area is 137 Å². The second-order valence-electron chi connectivity index (χ2n) is 6.93. The van der Waals surface area contributed by atoms with Gasteiger partial charge < -0.3 is 10.4 Å². The van der Waals surface area contributed by atoms with Crippen LogP contribution in [0.1, 0.15) is 62.2 Å². The first kappa shape index (κ1) is 16.2. The molecule has 0 saturated heterocycles. The molecule has 0 aromatic carbocycles. The Morgan fingerprint density at radius 3 is 2.91 bits per heavy atom. The Balaban J connectivity index is 1.58. The third-order valence-electron chi connectivity index (χ3n) is 5.20.